The molecule has 1 saturated carbocycles. The highest BCUT2D eigenvalue weighted by Gasteiger charge is 2.36. The molecule has 5 rings (SSSR count). The average Bonchev–Trinajstić information content (AvgIpc) is 3.31. The van der Waals surface area contributed by atoms with E-state index in [1.54, 1.807) is 0 Å². The number of anilines is 1. The van der Waals surface area contributed by atoms with Crippen LogP contribution in [-0.2, 0) is 15.1 Å². The Balaban J connectivity index is 1.64. The van der Waals surface area contributed by atoms with Gasteiger partial charge in [-0.1, -0.05) is 6.07 Å². The molecule has 28 heavy (non-hydrogen) atoms. The van der Waals surface area contributed by atoms with Gasteiger partial charge in [-0.25, -0.2) is 9.97 Å². The van der Waals surface area contributed by atoms with E-state index in [1.807, 2.05) is 35.0 Å². The van der Waals surface area contributed by atoms with Crippen LogP contribution in [0.5, 0.6) is 0 Å². The van der Waals surface area contributed by atoms with Gasteiger partial charge in [0.1, 0.15) is 17.2 Å². The minimum atomic E-state index is -1.04. The molecule has 0 aromatic carbocycles. The highest BCUT2D eigenvalue weighted by molar-refractivity contribution is 5.92. The Hall–Kier alpha value is -2.77. The van der Waals surface area contributed by atoms with Gasteiger partial charge in [0.2, 0.25) is 5.91 Å². The summed E-state index contributed by atoms with van der Waals surface area (Å²) in [6, 6.07) is 7.56. The van der Waals surface area contributed by atoms with E-state index < -0.39 is 5.60 Å². The van der Waals surface area contributed by atoms with E-state index in [4.69, 9.17) is 9.72 Å². The van der Waals surface area contributed by atoms with E-state index in [1.165, 1.54) is 25.3 Å². The molecule has 0 bridgehead atoms. The van der Waals surface area contributed by atoms with Crippen molar-refractivity contribution < 1.29 is 14.6 Å². The Morgan fingerprint density at radius 2 is 2.25 bits per heavy atom. The Labute approximate surface area is 162 Å². The molecule has 0 spiro atoms. The Kier molecular flexibility index (Phi) is 3.96. The molecule has 3 aromatic rings. The van der Waals surface area contributed by atoms with Crippen molar-refractivity contribution in [1.29, 1.82) is 0 Å². The van der Waals surface area contributed by atoms with Crippen molar-refractivity contribution >= 4 is 22.6 Å². The normalized spacial score (nSPS) is 21.9. The summed E-state index contributed by atoms with van der Waals surface area (Å²) in [5.41, 5.74) is 1.78. The molecular weight excluding hydrogens is 356 g/mol. The fraction of sp³-hybridized carbons (Fsp3) is 0.381. The van der Waals surface area contributed by atoms with Crippen molar-refractivity contribution in [3.05, 3.63) is 47.9 Å². The SMILES string of the molecule is CC(=O)Nc1cc2c(cn1)c(C1CC1)cn2-c1cccc(C2(O)CCOC2)n1. The summed E-state index contributed by atoms with van der Waals surface area (Å²) in [4.78, 5) is 20.6. The molecule has 1 atom stereocenters. The molecule has 1 aliphatic heterocycles. The number of nitrogens with zero attached hydrogens (tertiary/aromatic N) is 3. The van der Waals surface area contributed by atoms with Crippen LogP contribution in [0.25, 0.3) is 16.7 Å². The molecule has 1 amide bonds. The van der Waals surface area contributed by atoms with Crippen molar-refractivity contribution in [2.24, 2.45) is 0 Å². The summed E-state index contributed by atoms with van der Waals surface area (Å²) in [6.07, 6.45) is 6.84. The summed E-state index contributed by atoms with van der Waals surface area (Å²) in [7, 11) is 0. The summed E-state index contributed by atoms with van der Waals surface area (Å²) in [5.74, 6) is 1.64. The first-order valence-electron chi connectivity index (χ1n) is 9.60. The number of pyridine rings is 2. The predicted octanol–water partition coefficient (Wildman–Crippen LogP) is 2.86. The molecule has 1 aliphatic carbocycles. The van der Waals surface area contributed by atoms with E-state index >= 15 is 0 Å². The van der Waals surface area contributed by atoms with Gasteiger partial charge in [-0.05, 0) is 36.5 Å². The molecule has 0 radical (unpaired) electrons. The predicted molar refractivity (Wildman–Crippen MR) is 104 cm³/mol. The third-order valence-corrected chi connectivity index (χ3v) is 5.50. The van der Waals surface area contributed by atoms with Crippen molar-refractivity contribution in [3.8, 4) is 5.82 Å². The first-order valence-corrected chi connectivity index (χ1v) is 9.60. The lowest BCUT2D eigenvalue weighted by Gasteiger charge is -2.20. The molecular formula is C21H22N4O3. The maximum atomic E-state index is 11.4. The van der Waals surface area contributed by atoms with Gasteiger partial charge in [-0.2, -0.15) is 0 Å². The standard InChI is InChI=1S/C21H22N4O3/c1-13(26)23-19-9-17-15(10-22-19)16(14-5-6-14)11-25(17)20-4-2-3-18(24-20)21(27)7-8-28-12-21/h2-4,9-11,14,27H,5-8,12H2,1H3,(H,22,23,26). The molecule has 1 saturated heterocycles. The molecule has 7 nitrogen and oxygen atoms in total. The van der Waals surface area contributed by atoms with Gasteiger partial charge >= 0.3 is 0 Å². The van der Waals surface area contributed by atoms with Crippen LogP contribution in [0.1, 0.15) is 43.4 Å². The second-order valence-electron chi connectivity index (χ2n) is 7.71. The maximum absolute atomic E-state index is 11.4. The van der Waals surface area contributed by atoms with Crippen LogP contribution in [0.2, 0.25) is 0 Å². The van der Waals surface area contributed by atoms with Gasteiger partial charge in [0.05, 0.1) is 17.8 Å². The Bertz CT molecular complexity index is 1060. The number of carbonyl (C=O) groups is 1. The highest BCUT2D eigenvalue weighted by Crippen LogP contribution is 2.44. The van der Waals surface area contributed by atoms with E-state index in [-0.39, 0.29) is 12.5 Å². The maximum Gasteiger partial charge on any atom is 0.222 e. The second-order valence-corrected chi connectivity index (χ2v) is 7.71. The number of carbonyl (C=O) groups excluding carboxylic acids is 1. The van der Waals surface area contributed by atoms with Gasteiger partial charge in [0.15, 0.2) is 0 Å². The molecule has 144 valence electrons. The average molecular weight is 378 g/mol. The summed E-state index contributed by atoms with van der Waals surface area (Å²) in [5, 5.41) is 14.7. The summed E-state index contributed by atoms with van der Waals surface area (Å²) in [6.45, 7) is 2.27. The monoisotopic (exact) mass is 378 g/mol. The Morgan fingerprint density at radius 1 is 1.39 bits per heavy atom. The number of amides is 1. The van der Waals surface area contributed by atoms with Gasteiger partial charge < -0.3 is 19.7 Å². The molecule has 1 unspecified atom stereocenters. The van der Waals surface area contributed by atoms with Gasteiger partial charge in [-0.3, -0.25) is 4.79 Å². The lowest BCUT2D eigenvalue weighted by Crippen LogP contribution is -2.27. The van der Waals surface area contributed by atoms with E-state index in [9.17, 15) is 9.90 Å². The third kappa shape index (κ3) is 2.96. The number of ether oxygens (including phenoxy) is 1. The van der Waals surface area contributed by atoms with Crippen LogP contribution in [-0.4, -0.2) is 38.8 Å². The number of nitrogens with one attached hydrogen (secondary N) is 1. The van der Waals surface area contributed by atoms with E-state index in [0.717, 1.165) is 16.7 Å². The molecule has 4 heterocycles. The molecule has 3 aromatic heterocycles. The van der Waals surface area contributed by atoms with Gasteiger partial charge in [0, 0.05) is 43.8 Å². The smallest absolute Gasteiger partial charge is 0.222 e. The minimum absolute atomic E-state index is 0.157. The quantitative estimate of drug-likeness (QED) is 0.729. The topological polar surface area (TPSA) is 89.3 Å². The van der Waals surface area contributed by atoms with Crippen molar-refractivity contribution in [3.63, 3.8) is 0 Å². The Morgan fingerprint density at radius 3 is 2.96 bits per heavy atom. The van der Waals surface area contributed by atoms with Crippen molar-refractivity contribution in [2.75, 3.05) is 18.5 Å². The first-order chi connectivity index (χ1) is 13.5. The number of aromatic nitrogens is 3. The third-order valence-electron chi connectivity index (χ3n) is 5.50. The first kappa shape index (κ1) is 17.3. The molecule has 2 N–H and O–H groups in total. The number of rotatable bonds is 4. The van der Waals surface area contributed by atoms with Crippen LogP contribution in [0.15, 0.2) is 36.7 Å². The number of aliphatic hydroxyl groups is 1. The zero-order chi connectivity index (χ0) is 19.3. The van der Waals surface area contributed by atoms with Crippen LogP contribution in [0, 0.1) is 0 Å². The van der Waals surface area contributed by atoms with Gasteiger partial charge in [-0.15, -0.1) is 0 Å². The summed E-state index contributed by atoms with van der Waals surface area (Å²) < 4.78 is 7.41. The number of fused-ring (bicyclic) bond motifs is 1. The fourth-order valence-corrected chi connectivity index (χ4v) is 3.88. The van der Waals surface area contributed by atoms with E-state index in [2.05, 4.69) is 16.5 Å². The fourth-order valence-electron chi connectivity index (χ4n) is 3.88. The second kappa shape index (κ2) is 6.39. The number of hydrogen-bond donors (Lipinski definition) is 2. The lowest BCUT2D eigenvalue weighted by molar-refractivity contribution is -0.114. The summed E-state index contributed by atoms with van der Waals surface area (Å²) >= 11 is 0. The minimum Gasteiger partial charge on any atom is -0.381 e. The molecule has 7 heteroatoms. The largest absolute Gasteiger partial charge is 0.381 e. The molecule has 2 fully saturated rings. The highest BCUT2D eigenvalue weighted by atomic mass is 16.5. The van der Waals surface area contributed by atoms with Crippen LogP contribution < -0.4 is 5.32 Å². The zero-order valence-electron chi connectivity index (χ0n) is 15.7. The van der Waals surface area contributed by atoms with E-state index in [0.29, 0.717) is 30.5 Å². The van der Waals surface area contributed by atoms with Gasteiger partial charge in [0.25, 0.3) is 0 Å². The van der Waals surface area contributed by atoms with Crippen molar-refractivity contribution in [1.82, 2.24) is 14.5 Å². The number of hydrogen-bond acceptors (Lipinski definition) is 5. The zero-order valence-corrected chi connectivity index (χ0v) is 15.7. The molecule has 2 aliphatic rings. The van der Waals surface area contributed by atoms with Crippen LogP contribution >= 0.6 is 0 Å². The van der Waals surface area contributed by atoms with Crippen molar-refractivity contribution in [2.45, 2.75) is 37.7 Å². The van der Waals surface area contributed by atoms with Crippen LogP contribution in [0.3, 0.4) is 0 Å². The lowest BCUT2D eigenvalue weighted by atomic mass is 9.98. The van der Waals surface area contributed by atoms with Crippen LogP contribution in [0.4, 0.5) is 5.82 Å².